The van der Waals surface area contributed by atoms with Crippen molar-refractivity contribution in [2.75, 3.05) is 0 Å². The first-order chi connectivity index (χ1) is 8.65. The largest absolute Gasteiger partial charge is 0.507 e. The summed E-state index contributed by atoms with van der Waals surface area (Å²) < 4.78 is 0. The topological polar surface area (TPSA) is 90.7 Å². The Morgan fingerprint density at radius 3 is 2.83 bits per heavy atom. The lowest BCUT2D eigenvalue weighted by Crippen LogP contribution is -2.04. The van der Waals surface area contributed by atoms with E-state index in [1.54, 1.807) is 12.1 Å². The first-order valence-corrected chi connectivity index (χ1v) is 5.77. The molecular weight excluding hydrogens is 228 g/mol. The molecule has 1 aromatic carbocycles. The SMILES string of the molecule is CC(N)c1cc(-c2cc3c(O)cccc3[nH]2)n[nH]1. The maximum atomic E-state index is 9.76. The highest BCUT2D eigenvalue weighted by atomic mass is 16.3. The van der Waals surface area contributed by atoms with Gasteiger partial charge >= 0.3 is 0 Å². The van der Waals surface area contributed by atoms with Crippen LogP contribution in [0.3, 0.4) is 0 Å². The molecule has 0 bridgehead atoms. The third-order valence-corrected chi connectivity index (χ3v) is 3.01. The van der Waals surface area contributed by atoms with E-state index in [1.165, 1.54) is 0 Å². The molecule has 0 radical (unpaired) electrons. The number of rotatable bonds is 2. The van der Waals surface area contributed by atoms with Crippen LogP contribution in [0.2, 0.25) is 0 Å². The van der Waals surface area contributed by atoms with Gasteiger partial charge in [0.25, 0.3) is 0 Å². The fourth-order valence-electron chi connectivity index (χ4n) is 1.99. The van der Waals surface area contributed by atoms with Crippen molar-refractivity contribution in [1.29, 1.82) is 0 Å². The van der Waals surface area contributed by atoms with E-state index < -0.39 is 0 Å². The van der Waals surface area contributed by atoms with Crippen molar-refractivity contribution in [2.24, 2.45) is 5.73 Å². The first-order valence-electron chi connectivity index (χ1n) is 5.77. The van der Waals surface area contributed by atoms with Gasteiger partial charge in [-0.15, -0.1) is 0 Å². The molecule has 5 heteroatoms. The van der Waals surface area contributed by atoms with E-state index in [0.29, 0.717) is 0 Å². The fourth-order valence-corrected chi connectivity index (χ4v) is 1.99. The Kier molecular flexibility index (Phi) is 2.34. The lowest BCUT2D eigenvalue weighted by molar-refractivity contribution is 0.482. The van der Waals surface area contributed by atoms with Crippen molar-refractivity contribution in [3.63, 3.8) is 0 Å². The van der Waals surface area contributed by atoms with Crippen LogP contribution in [0.15, 0.2) is 30.3 Å². The number of fused-ring (bicyclic) bond motifs is 1. The standard InChI is InChI=1S/C13H14N4O/c1-7(14)10-6-12(17-16-10)11-5-8-9(15-11)3-2-4-13(8)18/h2-7,15,18H,14H2,1H3,(H,16,17). The molecule has 0 saturated carbocycles. The van der Waals surface area contributed by atoms with E-state index in [0.717, 1.165) is 28.0 Å². The second-order valence-corrected chi connectivity index (χ2v) is 4.42. The van der Waals surface area contributed by atoms with E-state index in [1.807, 2.05) is 25.1 Å². The van der Waals surface area contributed by atoms with Crippen molar-refractivity contribution in [3.05, 3.63) is 36.0 Å². The smallest absolute Gasteiger partial charge is 0.124 e. The quantitative estimate of drug-likeness (QED) is 0.555. The Hall–Kier alpha value is -2.27. The predicted molar refractivity (Wildman–Crippen MR) is 70.1 cm³/mol. The Morgan fingerprint density at radius 1 is 1.33 bits per heavy atom. The van der Waals surface area contributed by atoms with Crippen LogP contribution in [-0.2, 0) is 0 Å². The molecule has 0 aliphatic heterocycles. The number of nitrogens with one attached hydrogen (secondary N) is 2. The monoisotopic (exact) mass is 242 g/mol. The van der Waals surface area contributed by atoms with Crippen LogP contribution in [0.5, 0.6) is 5.75 Å². The molecule has 0 aliphatic rings. The number of hydrogen-bond acceptors (Lipinski definition) is 3. The number of aromatic nitrogens is 3. The average Bonchev–Trinajstić information content (AvgIpc) is 2.95. The van der Waals surface area contributed by atoms with Gasteiger partial charge < -0.3 is 15.8 Å². The zero-order valence-corrected chi connectivity index (χ0v) is 9.94. The summed E-state index contributed by atoms with van der Waals surface area (Å²) in [5.41, 5.74) is 9.20. The van der Waals surface area contributed by atoms with Gasteiger partial charge in [0.15, 0.2) is 0 Å². The minimum absolute atomic E-state index is 0.0796. The van der Waals surface area contributed by atoms with Gasteiger partial charge in [-0.25, -0.2) is 0 Å². The summed E-state index contributed by atoms with van der Waals surface area (Å²) in [6.07, 6.45) is 0. The van der Waals surface area contributed by atoms with Gasteiger partial charge in [0, 0.05) is 16.9 Å². The first kappa shape index (κ1) is 10.9. The van der Waals surface area contributed by atoms with Gasteiger partial charge in [-0.1, -0.05) is 6.07 Å². The summed E-state index contributed by atoms with van der Waals surface area (Å²) in [6, 6.07) is 9.09. The fraction of sp³-hybridized carbons (Fsp3) is 0.154. The van der Waals surface area contributed by atoms with Crippen molar-refractivity contribution in [2.45, 2.75) is 13.0 Å². The van der Waals surface area contributed by atoms with Crippen molar-refractivity contribution < 1.29 is 5.11 Å². The molecule has 0 aliphatic carbocycles. The summed E-state index contributed by atoms with van der Waals surface area (Å²) in [4.78, 5) is 3.22. The predicted octanol–water partition coefficient (Wildman–Crippen LogP) is 2.28. The highest BCUT2D eigenvalue weighted by Crippen LogP contribution is 2.29. The van der Waals surface area contributed by atoms with Crippen molar-refractivity contribution in [3.8, 4) is 17.1 Å². The third-order valence-electron chi connectivity index (χ3n) is 3.01. The number of benzene rings is 1. The van der Waals surface area contributed by atoms with Crippen LogP contribution < -0.4 is 5.73 Å². The van der Waals surface area contributed by atoms with Crippen LogP contribution >= 0.6 is 0 Å². The minimum atomic E-state index is -0.0796. The van der Waals surface area contributed by atoms with Gasteiger partial charge in [0.2, 0.25) is 0 Å². The Labute approximate surface area is 104 Å². The highest BCUT2D eigenvalue weighted by Gasteiger charge is 2.10. The van der Waals surface area contributed by atoms with Crippen LogP contribution in [-0.4, -0.2) is 20.3 Å². The van der Waals surface area contributed by atoms with Crippen LogP contribution in [0.25, 0.3) is 22.3 Å². The minimum Gasteiger partial charge on any atom is -0.507 e. The molecule has 1 unspecified atom stereocenters. The summed E-state index contributed by atoms with van der Waals surface area (Å²) in [5, 5.41) is 17.7. The number of nitrogens with zero attached hydrogens (tertiary/aromatic N) is 1. The molecule has 5 nitrogen and oxygen atoms in total. The van der Waals surface area contributed by atoms with Crippen molar-refractivity contribution in [1.82, 2.24) is 15.2 Å². The molecule has 5 N–H and O–H groups in total. The molecule has 0 fully saturated rings. The number of hydrogen-bond donors (Lipinski definition) is 4. The lowest BCUT2D eigenvalue weighted by Gasteiger charge is -1.96. The molecule has 3 rings (SSSR count). The number of aromatic amines is 2. The van der Waals surface area contributed by atoms with Crippen LogP contribution in [0.4, 0.5) is 0 Å². The summed E-state index contributed by atoms with van der Waals surface area (Å²) in [5.74, 6) is 0.262. The summed E-state index contributed by atoms with van der Waals surface area (Å²) >= 11 is 0. The second kappa shape index (κ2) is 3.89. The van der Waals surface area contributed by atoms with E-state index in [4.69, 9.17) is 5.73 Å². The van der Waals surface area contributed by atoms with E-state index in [-0.39, 0.29) is 11.8 Å². The molecule has 18 heavy (non-hydrogen) atoms. The lowest BCUT2D eigenvalue weighted by atomic mass is 10.2. The molecule has 0 amide bonds. The zero-order chi connectivity index (χ0) is 12.7. The third kappa shape index (κ3) is 1.65. The van der Waals surface area contributed by atoms with Crippen molar-refractivity contribution >= 4 is 10.9 Å². The van der Waals surface area contributed by atoms with E-state index >= 15 is 0 Å². The number of phenolic OH excluding ortho intramolecular Hbond substituents is 1. The normalized spacial score (nSPS) is 13.0. The van der Waals surface area contributed by atoms with Gasteiger partial charge in [-0.2, -0.15) is 5.10 Å². The van der Waals surface area contributed by atoms with Crippen LogP contribution in [0.1, 0.15) is 18.7 Å². The second-order valence-electron chi connectivity index (χ2n) is 4.42. The Balaban J connectivity index is 2.10. The molecule has 92 valence electrons. The molecule has 0 saturated heterocycles. The van der Waals surface area contributed by atoms with Gasteiger partial charge in [0.1, 0.15) is 11.4 Å². The summed E-state index contributed by atoms with van der Waals surface area (Å²) in [6.45, 7) is 1.90. The van der Waals surface area contributed by atoms with E-state index in [9.17, 15) is 5.11 Å². The average molecular weight is 242 g/mol. The Bertz CT molecular complexity index is 696. The Morgan fingerprint density at radius 2 is 2.17 bits per heavy atom. The number of aromatic hydroxyl groups is 1. The molecule has 2 heterocycles. The molecule has 0 spiro atoms. The zero-order valence-electron chi connectivity index (χ0n) is 9.94. The van der Waals surface area contributed by atoms with Gasteiger partial charge in [-0.3, -0.25) is 5.10 Å². The van der Waals surface area contributed by atoms with Gasteiger partial charge in [0.05, 0.1) is 11.4 Å². The highest BCUT2D eigenvalue weighted by molar-refractivity contribution is 5.90. The molecule has 2 aromatic heterocycles. The molecule has 1 atom stereocenters. The maximum absolute atomic E-state index is 9.76. The van der Waals surface area contributed by atoms with Crippen LogP contribution in [0, 0.1) is 0 Å². The molecular formula is C13H14N4O. The van der Waals surface area contributed by atoms with E-state index in [2.05, 4.69) is 15.2 Å². The maximum Gasteiger partial charge on any atom is 0.124 e. The number of nitrogens with two attached hydrogens (primary N) is 1. The van der Waals surface area contributed by atoms with Gasteiger partial charge in [-0.05, 0) is 31.2 Å². The molecule has 3 aromatic rings. The summed E-state index contributed by atoms with van der Waals surface area (Å²) in [7, 11) is 0. The number of phenols is 1. The number of H-pyrrole nitrogens is 2.